The molecule has 2 heterocycles. The second-order valence-corrected chi connectivity index (χ2v) is 5.39. The number of benzene rings is 1. The number of rotatable bonds is 4. The highest BCUT2D eigenvalue weighted by Gasteiger charge is 2.14. The number of aromatic nitrogens is 3. The van der Waals surface area contributed by atoms with E-state index in [1.165, 1.54) is 19.7 Å². The Morgan fingerprint density at radius 2 is 2.15 bits per heavy atom. The van der Waals surface area contributed by atoms with E-state index in [1.54, 1.807) is 23.7 Å². The third-order valence-corrected chi connectivity index (χ3v) is 3.75. The zero-order chi connectivity index (χ0) is 18.7. The van der Waals surface area contributed by atoms with Crippen LogP contribution in [0.15, 0.2) is 35.7 Å². The van der Waals surface area contributed by atoms with Crippen LogP contribution in [0, 0.1) is 6.92 Å². The monoisotopic (exact) mass is 354 g/mol. The number of aryl methyl sites for hydroxylation is 1. The summed E-state index contributed by atoms with van der Waals surface area (Å²) < 4.78 is 7.44. The van der Waals surface area contributed by atoms with Crippen molar-refractivity contribution in [2.24, 2.45) is 5.16 Å². The lowest BCUT2D eigenvalue weighted by Gasteiger charge is -2.09. The van der Waals surface area contributed by atoms with Crippen molar-refractivity contribution < 1.29 is 14.4 Å². The fourth-order valence-electron chi connectivity index (χ4n) is 2.59. The first-order valence-corrected chi connectivity index (χ1v) is 7.74. The number of carbonyl (C=O) groups excluding carboxylic acids is 1. The van der Waals surface area contributed by atoms with Crippen molar-refractivity contribution in [1.82, 2.24) is 19.9 Å². The molecule has 0 spiro atoms. The number of nitrogens with two attached hydrogens (primary N) is 1. The van der Waals surface area contributed by atoms with Crippen LogP contribution in [0.4, 0.5) is 10.6 Å². The van der Waals surface area contributed by atoms with Crippen molar-refractivity contribution in [3.63, 3.8) is 0 Å². The van der Waals surface area contributed by atoms with E-state index < -0.39 is 0 Å². The number of nitrogens with one attached hydrogen (secondary N) is 1. The lowest BCUT2D eigenvalue weighted by atomic mass is 10.2. The Morgan fingerprint density at radius 3 is 2.88 bits per heavy atom. The Labute approximate surface area is 149 Å². The van der Waals surface area contributed by atoms with Crippen molar-refractivity contribution in [1.29, 1.82) is 0 Å². The highest BCUT2D eigenvalue weighted by Crippen LogP contribution is 2.29. The average Bonchev–Trinajstić information content (AvgIpc) is 2.95. The Hall–Kier alpha value is -3.62. The lowest BCUT2D eigenvalue weighted by Crippen LogP contribution is -2.25. The molecule has 1 amide bonds. The number of hydrogen-bond acceptors (Lipinski definition) is 7. The molecule has 0 saturated carbocycles. The molecular weight excluding hydrogens is 336 g/mol. The molecular formula is C17H18N6O3. The maximum absolute atomic E-state index is 12.0. The predicted molar refractivity (Wildman–Crippen MR) is 97.7 cm³/mol. The van der Waals surface area contributed by atoms with Gasteiger partial charge in [-0.05, 0) is 31.2 Å². The van der Waals surface area contributed by atoms with Crippen LogP contribution >= 0.6 is 0 Å². The van der Waals surface area contributed by atoms with E-state index in [9.17, 15) is 4.79 Å². The molecule has 26 heavy (non-hydrogen) atoms. The molecule has 0 aliphatic carbocycles. The molecule has 2 aromatic heterocycles. The molecule has 0 bridgehead atoms. The summed E-state index contributed by atoms with van der Waals surface area (Å²) in [5, 5.41) is 7.17. The Bertz CT molecular complexity index is 996. The van der Waals surface area contributed by atoms with E-state index in [-0.39, 0.29) is 17.7 Å². The summed E-state index contributed by atoms with van der Waals surface area (Å²) in [5.74, 6) is 1.01. The maximum atomic E-state index is 12.0. The SMILES string of the molecule is CNC(=O)n1c(C)cc2cc(Oc3ncnc(N)c3C=NOC)ccc21. The molecule has 0 aliphatic heterocycles. The number of carbonyl (C=O) groups is 1. The first-order valence-electron chi connectivity index (χ1n) is 7.74. The molecule has 9 heteroatoms. The first-order chi connectivity index (χ1) is 12.5. The number of ether oxygens (including phenoxy) is 1. The zero-order valence-corrected chi connectivity index (χ0v) is 14.6. The lowest BCUT2D eigenvalue weighted by molar-refractivity contribution is 0.215. The van der Waals surface area contributed by atoms with Gasteiger partial charge in [0.2, 0.25) is 5.88 Å². The molecule has 3 rings (SSSR count). The molecule has 1 aromatic carbocycles. The predicted octanol–water partition coefficient (Wildman–Crippen LogP) is 2.28. The van der Waals surface area contributed by atoms with Crippen LogP contribution in [0.2, 0.25) is 0 Å². The van der Waals surface area contributed by atoms with Crippen LogP contribution in [0.1, 0.15) is 11.3 Å². The minimum atomic E-state index is -0.201. The van der Waals surface area contributed by atoms with E-state index >= 15 is 0 Å². The third kappa shape index (κ3) is 3.14. The fraction of sp³-hybridized carbons (Fsp3) is 0.176. The summed E-state index contributed by atoms with van der Waals surface area (Å²) in [4.78, 5) is 24.7. The molecule has 3 aromatic rings. The van der Waals surface area contributed by atoms with E-state index in [4.69, 9.17) is 10.5 Å². The number of fused-ring (bicyclic) bond motifs is 1. The van der Waals surface area contributed by atoms with Gasteiger partial charge in [-0.2, -0.15) is 0 Å². The van der Waals surface area contributed by atoms with E-state index in [1.807, 2.05) is 19.1 Å². The number of hydrogen-bond donors (Lipinski definition) is 2. The number of anilines is 1. The number of oxime groups is 1. The van der Waals surface area contributed by atoms with Crippen LogP contribution in [0.25, 0.3) is 10.9 Å². The number of nitrogens with zero attached hydrogens (tertiary/aromatic N) is 4. The Morgan fingerprint density at radius 1 is 1.35 bits per heavy atom. The molecule has 134 valence electrons. The Balaban J connectivity index is 2.00. The highest BCUT2D eigenvalue weighted by molar-refractivity contribution is 5.93. The van der Waals surface area contributed by atoms with Crippen LogP contribution in [-0.4, -0.2) is 40.9 Å². The number of nitrogen functional groups attached to an aromatic ring is 1. The van der Waals surface area contributed by atoms with Gasteiger partial charge >= 0.3 is 6.03 Å². The van der Waals surface area contributed by atoms with Crippen LogP contribution < -0.4 is 15.8 Å². The van der Waals surface area contributed by atoms with Gasteiger partial charge in [-0.25, -0.2) is 14.8 Å². The number of amides is 1. The van der Waals surface area contributed by atoms with Gasteiger partial charge in [-0.1, -0.05) is 5.16 Å². The Kier molecular flexibility index (Phi) is 4.70. The standard InChI is InChI=1S/C17H18N6O3/c1-10-6-11-7-12(4-5-14(11)23(10)17(24)19-2)26-16-13(8-22-25-3)15(18)20-9-21-16/h4-9H,1-3H3,(H,19,24)(H2,18,20,21). The molecule has 0 unspecified atom stereocenters. The minimum absolute atomic E-state index is 0.201. The first kappa shape index (κ1) is 17.2. The normalized spacial score (nSPS) is 11.0. The van der Waals surface area contributed by atoms with Gasteiger partial charge in [0.25, 0.3) is 0 Å². The summed E-state index contributed by atoms with van der Waals surface area (Å²) in [6.45, 7) is 1.86. The van der Waals surface area contributed by atoms with Gasteiger partial charge in [-0.3, -0.25) is 4.57 Å². The molecule has 9 nitrogen and oxygen atoms in total. The largest absolute Gasteiger partial charge is 0.438 e. The maximum Gasteiger partial charge on any atom is 0.325 e. The van der Waals surface area contributed by atoms with Crippen LogP contribution in [0.3, 0.4) is 0 Å². The third-order valence-electron chi connectivity index (χ3n) is 3.75. The molecule has 3 N–H and O–H groups in total. The molecule has 0 atom stereocenters. The van der Waals surface area contributed by atoms with Crippen LogP contribution in [-0.2, 0) is 4.84 Å². The van der Waals surface area contributed by atoms with E-state index in [0.29, 0.717) is 11.3 Å². The molecule has 0 aliphatic rings. The topological polar surface area (TPSA) is 117 Å². The molecule has 0 saturated heterocycles. The van der Waals surface area contributed by atoms with Gasteiger partial charge in [0, 0.05) is 18.1 Å². The summed E-state index contributed by atoms with van der Waals surface area (Å²) in [5.41, 5.74) is 7.85. The van der Waals surface area contributed by atoms with E-state index in [2.05, 4.69) is 25.3 Å². The molecule has 0 radical (unpaired) electrons. The van der Waals surface area contributed by atoms with E-state index in [0.717, 1.165) is 16.6 Å². The highest BCUT2D eigenvalue weighted by atomic mass is 16.6. The fourth-order valence-corrected chi connectivity index (χ4v) is 2.59. The van der Waals surface area contributed by atoms with Crippen LogP contribution in [0.5, 0.6) is 11.6 Å². The zero-order valence-electron chi connectivity index (χ0n) is 14.6. The van der Waals surface area contributed by atoms with Crippen molar-refractivity contribution in [2.75, 3.05) is 19.9 Å². The molecule has 0 fully saturated rings. The quantitative estimate of drug-likeness (QED) is 0.548. The second-order valence-electron chi connectivity index (χ2n) is 5.39. The van der Waals surface area contributed by atoms with Crippen molar-refractivity contribution in [3.8, 4) is 11.6 Å². The van der Waals surface area contributed by atoms with Crippen molar-refractivity contribution in [2.45, 2.75) is 6.92 Å². The van der Waals surface area contributed by atoms with Crippen molar-refractivity contribution in [3.05, 3.63) is 41.9 Å². The van der Waals surface area contributed by atoms with Gasteiger partial charge in [0.05, 0.1) is 11.7 Å². The summed E-state index contributed by atoms with van der Waals surface area (Å²) in [7, 11) is 3.01. The summed E-state index contributed by atoms with van der Waals surface area (Å²) in [6, 6.07) is 7.07. The van der Waals surface area contributed by atoms with Gasteiger partial charge in [0.1, 0.15) is 30.6 Å². The summed E-state index contributed by atoms with van der Waals surface area (Å²) >= 11 is 0. The minimum Gasteiger partial charge on any atom is -0.438 e. The van der Waals surface area contributed by atoms with Gasteiger partial charge < -0.3 is 20.6 Å². The smallest absolute Gasteiger partial charge is 0.325 e. The average molecular weight is 354 g/mol. The van der Waals surface area contributed by atoms with Gasteiger partial charge in [0.15, 0.2) is 0 Å². The summed E-state index contributed by atoms with van der Waals surface area (Å²) in [6.07, 6.45) is 2.69. The van der Waals surface area contributed by atoms with Gasteiger partial charge in [-0.15, -0.1) is 0 Å². The van der Waals surface area contributed by atoms with Crippen molar-refractivity contribution >= 4 is 29.0 Å². The second kappa shape index (κ2) is 7.09.